The van der Waals surface area contributed by atoms with Crippen LogP contribution in [0.5, 0.6) is 0 Å². The molecule has 2 aromatic rings. The highest BCUT2D eigenvalue weighted by molar-refractivity contribution is 7.81. The predicted octanol–water partition coefficient (Wildman–Crippen LogP) is 3.83. The van der Waals surface area contributed by atoms with Gasteiger partial charge in [0.05, 0.1) is 4.86 Å². The Morgan fingerprint density at radius 2 is 1.06 bits per heavy atom. The maximum absolute atomic E-state index is 5.53. The zero-order valence-electron chi connectivity index (χ0n) is 8.73. The summed E-state index contributed by atoms with van der Waals surface area (Å²) in [6.45, 7) is 4.17. The molecule has 2 aromatic carbocycles. The van der Waals surface area contributed by atoms with Crippen molar-refractivity contribution < 1.29 is 0 Å². The zero-order chi connectivity index (χ0) is 11.1. The van der Waals surface area contributed by atoms with Crippen molar-refractivity contribution >= 4 is 22.7 Å². The molecule has 3 rings (SSSR count). The maximum Gasteiger partial charge on any atom is 0.0534 e. The predicted molar refractivity (Wildman–Crippen MR) is 71.8 cm³/mol. The van der Waals surface area contributed by atoms with Gasteiger partial charge in [-0.25, -0.2) is 0 Å². The smallest absolute Gasteiger partial charge is 0.0534 e. The first-order valence-corrected chi connectivity index (χ1v) is 5.62. The Hall–Kier alpha value is -1.73. The highest BCUT2D eigenvalue weighted by Gasteiger charge is 2.21. The highest BCUT2D eigenvalue weighted by Crippen LogP contribution is 2.34. The average Bonchev–Trinajstić information content (AvgIpc) is 2.36. The van der Waals surface area contributed by atoms with E-state index in [2.05, 4.69) is 30.8 Å². The molecule has 0 saturated heterocycles. The minimum Gasteiger partial charge on any atom is -0.0905 e. The first kappa shape index (κ1) is 9.49. The molecule has 0 spiro atoms. The zero-order valence-corrected chi connectivity index (χ0v) is 9.55. The van der Waals surface area contributed by atoms with E-state index in [1.165, 1.54) is 0 Å². The molecular formula is C15H10S. The Labute approximate surface area is 100 Å². The first-order valence-electron chi connectivity index (χ1n) is 5.21. The van der Waals surface area contributed by atoms with Crippen LogP contribution in [-0.4, -0.2) is 4.86 Å². The molecule has 0 atom stereocenters. The van der Waals surface area contributed by atoms with Crippen molar-refractivity contribution in [3.05, 3.63) is 77.4 Å². The third-order valence-electron chi connectivity index (χ3n) is 2.99. The number of benzene rings is 2. The van der Waals surface area contributed by atoms with Gasteiger partial charge < -0.3 is 0 Å². The fraction of sp³-hybridized carbons (Fsp3) is 0. The molecule has 0 nitrogen and oxygen atoms in total. The van der Waals surface area contributed by atoms with Gasteiger partial charge in [0.25, 0.3) is 0 Å². The van der Waals surface area contributed by atoms with Gasteiger partial charge in [0.2, 0.25) is 0 Å². The minimum atomic E-state index is 0.929. The molecule has 0 saturated carbocycles. The molecule has 76 valence electrons. The third-order valence-corrected chi connectivity index (χ3v) is 3.43. The first-order chi connectivity index (χ1) is 7.79. The SMILES string of the molecule is C=C1c2ccccc2C(=S)c2ccccc21. The second-order valence-electron chi connectivity index (χ2n) is 3.90. The second-order valence-corrected chi connectivity index (χ2v) is 4.31. The van der Waals surface area contributed by atoms with Crippen LogP contribution in [0, 0.1) is 0 Å². The average molecular weight is 222 g/mol. The molecule has 0 bridgehead atoms. The largest absolute Gasteiger partial charge is 0.0905 e. The molecule has 0 aromatic heterocycles. The molecule has 0 radical (unpaired) electrons. The molecule has 0 N–H and O–H groups in total. The Balaban J connectivity index is 2.35. The van der Waals surface area contributed by atoms with Crippen LogP contribution >= 0.6 is 12.2 Å². The van der Waals surface area contributed by atoms with Gasteiger partial charge in [0.1, 0.15) is 0 Å². The van der Waals surface area contributed by atoms with E-state index in [1.54, 1.807) is 0 Å². The molecule has 1 heteroatoms. The maximum atomic E-state index is 5.53. The number of hydrogen-bond donors (Lipinski definition) is 0. The summed E-state index contributed by atoms with van der Waals surface area (Å²) in [5.41, 5.74) is 5.64. The lowest BCUT2D eigenvalue weighted by Gasteiger charge is -2.22. The van der Waals surface area contributed by atoms with Gasteiger partial charge >= 0.3 is 0 Å². The van der Waals surface area contributed by atoms with E-state index in [0.29, 0.717) is 0 Å². The second kappa shape index (κ2) is 3.39. The van der Waals surface area contributed by atoms with Crippen LogP contribution in [0.25, 0.3) is 5.57 Å². The highest BCUT2D eigenvalue weighted by atomic mass is 32.1. The molecule has 0 unspecified atom stereocenters. The van der Waals surface area contributed by atoms with E-state index in [0.717, 1.165) is 32.7 Å². The van der Waals surface area contributed by atoms with Gasteiger partial charge in [0, 0.05) is 11.1 Å². The van der Waals surface area contributed by atoms with Gasteiger partial charge in [-0.3, -0.25) is 0 Å². The summed E-state index contributed by atoms with van der Waals surface area (Å²) in [6.07, 6.45) is 0. The van der Waals surface area contributed by atoms with E-state index in [4.69, 9.17) is 12.2 Å². The summed E-state index contributed by atoms with van der Waals surface area (Å²) in [7, 11) is 0. The Morgan fingerprint density at radius 3 is 1.50 bits per heavy atom. The fourth-order valence-electron chi connectivity index (χ4n) is 2.18. The third kappa shape index (κ3) is 1.18. The van der Waals surface area contributed by atoms with E-state index < -0.39 is 0 Å². The molecule has 0 fully saturated rings. The molecule has 16 heavy (non-hydrogen) atoms. The van der Waals surface area contributed by atoms with Crippen molar-refractivity contribution in [2.24, 2.45) is 0 Å². The van der Waals surface area contributed by atoms with Gasteiger partial charge in [0.15, 0.2) is 0 Å². The van der Waals surface area contributed by atoms with Crippen LogP contribution in [-0.2, 0) is 0 Å². The molecule has 0 aliphatic heterocycles. The fourth-order valence-corrected chi connectivity index (χ4v) is 2.53. The van der Waals surface area contributed by atoms with Gasteiger partial charge in [-0.05, 0) is 16.7 Å². The molecule has 0 heterocycles. The summed E-state index contributed by atoms with van der Waals surface area (Å²) >= 11 is 5.53. The van der Waals surface area contributed by atoms with Gasteiger partial charge in [-0.2, -0.15) is 0 Å². The van der Waals surface area contributed by atoms with Crippen molar-refractivity contribution in [3.8, 4) is 0 Å². The Bertz CT molecular complexity index is 503. The minimum absolute atomic E-state index is 0.929. The number of fused-ring (bicyclic) bond motifs is 2. The quantitative estimate of drug-likeness (QED) is 0.521. The van der Waals surface area contributed by atoms with Crippen molar-refractivity contribution in [1.82, 2.24) is 0 Å². The molecule has 1 aliphatic carbocycles. The number of hydrogen-bond acceptors (Lipinski definition) is 1. The van der Waals surface area contributed by atoms with Crippen LogP contribution in [0.2, 0.25) is 0 Å². The van der Waals surface area contributed by atoms with Crippen LogP contribution < -0.4 is 0 Å². The number of thiocarbonyl (C=S) groups is 1. The van der Waals surface area contributed by atoms with Gasteiger partial charge in [-0.15, -0.1) is 0 Å². The lowest BCUT2D eigenvalue weighted by molar-refractivity contribution is 1.48. The summed E-state index contributed by atoms with van der Waals surface area (Å²) in [6, 6.07) is 16.4. The summed E-state index contributed by atoms with van der Waals surface area (Å²) in [5.74, 6) is 0. The van der Waals surface area contributed by atoms with Crippen molar-refractivity contribution in [2.45, 2.75) is 0 Å². The summed E-state index contributed by atoms with van der Waals surface area (Å²) in [5, 5.41) is 0. The standard InChI is InChI=1S/C15H10S/c1-10-11-6-2-4-8-13(11)15(16)14-9-5-3-7-12(10)14/h2-9H,1H2. The van der Waals surface area contributed by atoms with Crippen LogP contribution in [0.3, 0.4) is 0 Å². The van der Waals surface area contributed by atoms with E-state index in [9.17, 15) is 0 Å². The lowest BCUT2D eigenvalue weighted by Crippen LogP contribution is -2.12. The van der Waals surface area contributed by atoms with Crippen LogP contribution in [0.15, 0.2) is 55.1 Å². The van der Waals surface area contributed by atoms with Crippen molar-refractivity contribution in [2.75, 3.05) is 0 Å². The normalized spacial score (nSPS) is 13.2. The number of rotatable bonds is 0. The monoisotopic (exact) mass is 222 g/mol. The Morgan fingerprint density at radius 1 is 0.688 bits per heavy atom. The Kier molecular flexibility index (Phi) is 2.01. The molecule has 1 aliphatic rings. The van der Waals surface area contributed by atoms with E-state index in [-0.39, 0.29) is 0 Å². The van der Waals surface area contributed by atoms with Crippen LogP contribution in [0.1, 0.15) is 22.3 Å². The van der Waals surface area contributed by atoms with Gasteiger partial charge in [-0.1, -0.05) is 67.3 Å². The van der Waals surface area contributed by atoms with Crippen LogP contribution in [0.4, 0.5) is 0 Å². The van der Waals surface area contributed by atoms with Crippen molar-refractivity contribution in [1.29, 1.82) is 0 Å². The molecule has 0 amide bonds. The topological polar surface area (TPSA) is 0 Å². The summed E-state index contributed by atoms with van der Waals surface area (Å²) < 4.78 is 0. The summed E-state index contributed by atoms with van der Waals surface area (Å²) in [4.78, 5) is 0.929. The van der Waals surface area contributed by atoms with E-state index in [1.807, 2.05) is 24.3 Å². The molecular weight excluding hydrogens is 212 g/mol. The lowest BCUT2D eigenvalue weighted by atomic mass is 9.83. The van der Waals surface area contributed by atoms with Crippen molar-refractivity contribution in [3.63, 3.8) is 0 Å². The van der Waals surface area contributed by atoms with E-state index >= 15 is 0 Å².